The molecule has 1 aromatic carbocycles. The van der Waals surface area contributed by atoms with E-state index < -0.39 is 5.60 Å². The van der Waals surface area contributed by atoms with Crippen LogP contribution in [0.5, 0.6) is 0 Å². The molecule has 2 unspecified atom stereocenters. The van der Waals surface area contributed by atoms with Crippen molar-refractivity contribution in [3.05, 3.63) is 41.4 Å². The van der Waals surface area contributed by atoms with Gasteiger partial charge in [-0.1, -0.05) is 43.2 Å². The molecule has 0 spiro atoms. The Morgan fingerprint density at radius 1 is 1.28 bits per heavy atom. The molecule has 1 aromatic heterocycles. The van der Waals surface area contributed by atoms with Crippen molar-refractivity contribution in [1.29, 1.82) is 0 Å². The zero-order valence-electron chi connectivity index (χ0n) is 14.4. The Morgan fingerprint density at radius 2 is 2.12 bits per heavy atom. The molecular formula is C20H24N2O2S. The molecule has 1 saturated carbocycles. The highest BCUT2D eigenvalue weighted by Gasteiger charge is 2.43. The van der Waals surface area contributed by atoms with E-state index in [1.807, 2.05) is 40.6 Å². The molecule has 4 nitrogen and oxygen atoms in total. The summed E-state index contributed by atoms with van der Waals surface area (Å²) in [5.41, 5.74) is 1.41. The van der Waals surface area contributed by atoms with Gasteiger partial charge in [0.15, 0.2) is 0 Å². The van der Waals surface area contributed by atoms with E-state index in [9.17, 15) is 9.90 Å². The van der Waals surface area contributed by atoms with Gasteiger partial charge >= 0.3 is 0 Å². The van der Waals surface area contributed by atoms with Gasteiger partial charge in [-0.2, -0.15) is 0 Å². The molecule has 1 N–H and O–H groups in total. The SMILES string of the molecule is O=C(Cc1csc(-c2ccccc2)n1)N1CCC2(O)CCCCC2C1. The van der Waals surface area contributed by atoms with Gasteiger partial charge in [0.25, 0.3) is 0 Å². The number of piperidine rings is 1. The summed E-state index contributed by atoms with van der Waals surface area (Å²) >= 11 is 1.59. The summed E-state index contributed by atoms with van der Waals surface area (Å²) in [6.45, 7) is 1.37. The first-order valence-electron chi connectivity index (χ1n) is 9.14. The van der Waals surface area contributed by atoms with Crippen LogP contribution >= 0.6 is 11.3 Å². The van der Waals surface area contributed by atoms with Crippen molar-refractivity contribution in [2.45, 2.75) is 44.1 Å². The molecule has 132 valence electrons. The monoisotopic (exact) mass is 356 g/mol. The molecule has 0 bridgehead atoms. The third-order valence-corrected chi connectivity index (χ3v) is 6.63. The highest BCUT2D eigenvalue weighted by Crippen LogP contribution is 2.39. The van der Waals surface area contributed by atoms with Gasteiger partial charge in [0, 0.05) is 30.0 Å². The summed E-state index contributed by atoms with van der Waals surface area (Å²) in [7, 11) is 0. The second-order valence-electron chi connectivity index (χ2n) is 7.32. The van der Waals surface area contributed by atoms with E-state index in [0.29, 0.717) is 19.5 Å². The zero-order valence-corrected chi connectivity index (χ0v) is 15.2. The molecule has 2 aliphatic rings. The van der Waals surface area contributed by atoms with Crippen LogP contribution in [0, 0.1) is 5.92 Å². The van der Waals surface area contributed by atoms with Crippen molar-refractivity contribution in [3.63, 3.8) is 0 Å². The maximum absolute atomic E-state index is 12.7. The van der Waals surface area contributed by atoms with Crippen LogP contribution in [0.4, 0.5) is 0 Å². The van der Waals surface area contributed by atoms with Gasteiger partial charge in [-0.05, 0) is 19.3 Å². The van der Waals surface area contributed by atoms with Crippen molar-refractivity contribution in [2.24, 2.45) is 5.92 Å². The van der Waals surface area contributed by atoms with Crippen LogP contribution < -0.4 is 0 Å². The van der Waals surface area contributed by atoms with Crippen LogP contribution in [0.25, 0.3) is 10.6 Å². The van der Waals surface area contributed by atoms with Crippen molar-refractivity contribution < 1.29 is 9.90 Å². The van der Waals surface area contributed by atoms with Crippen LogP contribution in [-0.4, -0.2) is 39.6 Å². The molecular weight excluding hydrogens is 332 g/mol. The quantitative estimate of drug-likeness (QED) is 0.916. The molecule has 1 aliphatic carbocycles. The summed E-state index contributed by atoms with van der Waals surface area (Å²) in [5.74, 6) is 0.381. The number of carbonyl (C=O) groups is 1. The Balaban J connectivity index is 1.40. The molecule has 4 rings (SSSR count). The largest absolute Gasteiger partial charge is 0.389 e. The summed E-state index contributed by atoms with van der Waals surface area (Å²) in [6.07, 6.45) is 5.29. The van der Waals surface area contributed by atoms with E-state index in [1.54, 1.807) is 11.3 Å². The fourth-order valence-electron chi connectivity index (χ4n) is 4.17. The van der Waals surface area contributed by atoms with Crippen LogP contribution in [0.2, 0.25) is 0 Å². The lowest BCUT2D eigenvalue weighted by atomic mass is 9.71. The minimum Gasteiger partial charge on any atom is -0.389 e. The smallest absolute Gasteiger partial charge is 0.228 e. The maximum atomic E-state index is 12.7. The summed E-state index contributed by atoms with van der Waals surface area (Å²) in [4.78, 5) is 19.3. The first kappa shape index (κ1) is 16.7. The number of hydrogen-bond acceptors (Lipinski definition) is 4. The highest BCUT2D eigenvalue weighted by atomic mass is 32.1. The number of rotatable bonds is 3. The van der Waals surface area contributed by atoms with Crippen LogP contribution in [0.3, 0.4) is 0 Å². The van der Waals surface area contributed by atoms with Gasteiger partial charge in [0.2, 0.25) is 5.91 Å². The lowest BCUT2D eigenvalue weighted by Gasteiger charge is -2.47. The van der Waals surface area contributed by atoms with E-state index in [1.165, 1.54) is 6.42 Å². The number of amides is 1. The summed E-state index contributed by atoms with van der Waals surface area (Å²) in [6, 6.07) is 10.1. The molecule has 0 radical (unpaired) electrons. The number of aliphatic hydroxyl groups is 1. The predicted molar refractivity (Wildman–Crippen MR) is 99.4 cm³/mol. The van der Waals surface area contributed by atoms with Gasteiger partial charge < -0.3 is 10.0 Å². The van der Waals surface area contributed by atoms with Gasteiger partial charge in [-0.3, -0.25) is 4.79 Å². The first-order valence-corrected chi connectivity index (χ1v) is 10.0. The second-order valence-corrected chi connectivity index (χ2v) is 8.18. The maximum Gasteiger partial charge on any atom is 0.228 e. The van der Waals surface area contributed by atoms with E-state index in [-0.39, 0.29) is 11.8 Å². The zero-order chi connectivity index (χ0) is 17.3. The molecule has 2 fully saturated rings. The minimum atomic E-state index is -0.532. The number of fused-ring (bicyclic) bond motifs is 1. The fourth-order valence-corrected chi connectivity index (χ4v) is 4.99. The average molecular weight is 356 g/mol. The van der Waals surface area contributed by atoms with Crippen LogP contribution in [0.15, 0.2) is 35.7 Å². The van der Waals surface area contributed by atoms with Gasteiger partial charge in [-0.15, -0.1) is 11.3 Å². The van der Waals surface area contributed by atoms with Gasteiger partial charge in [0.1, 0.15) is 5.01 Å². The van der Waals surface area contributed by atoms with Gasteiger partial charge in [0.05, 0.1) is 17.7 Å². The number of thiazole rings is 1. The molecule has 25 heavy (non-hydrogen) atoms. The third-order valence-electron chi connectivity index (χ3n) is 5.69. The summed E-state index contributed by atoms with van der Waals surface area (Å²) < 4.78 is 0. The predicted octanol–water partition coefficient (Wildman–Crippen LogP) is 3.51. The van der Waals surface area contributed by atoms with Crippen LogP contribution in [0.1, 0.15) is 37.8 Å². The lowest BCUT2D eigenvalue weighted by Crippen LogP contribution is -2.54. The normalized spacial score (nSPS) is 26.3. The third kappa shape index (κ3) is 3.48. The van der Waals surface area contributed by atoms with E-state index >= 15 is 0 Å². The first-order chi connectivity index (χ1) is 12.1. The van der Waals surface area contributed by atoms with Crippen molar-refractivity contribution in [3.8, 4) is 10.6 Å². The highest BCUT2D eigenvalue weighted by molar-refractivity contribution is 7.13. The number of likely N-dealkylation sites (tertiary alicyclic amines) is 1. The molecule has 1 aliphatic heterocycles. The standard InChI is InChI=1S/C20H24N2O2S/c23-18(22-11-10-20(24)9-5-4-8-16(20)13-22)12-17-14-25-19(21-17)15-6-2-1-3-7-15/h1-3,6-7,14,16,24H,4-5,8-13H2. The second kappa shape index (κ2) is 6.89. The van der Waals surface area contributed by atoms with Crippen molar-refractivity contribution in [2.75, 3.05) is 13.1 Å². The van der Waals surface area contributed by atoms with Gasteiger partial charge in [-0.25, -0.2) is 4.98 Å². The Labute approximate surface area is 152 Å². The van der Waals surface area contributed by atoms with E-state index in [2.05, 4.69) is 4.98 Å². The Bertz CT molecular complexity index is 745. The fraction of sp³-hybridized carbons (Fsp3) is 0.500. The molecule has 2 atom stereocenters. The molecule has 2 heterocycles. The number of hydrogen-bond donors (Lipinski definition) is 1. The Hall–Kier alpha value is -1.72. The van der Waals surface area contributed by atoms with E-state index in [0.717, 1.165) is 41.9 Å². The number of benzene rings is 1. The topological polar surface area (TPSA) is 53.4 Å². The number of aromatic nitrogens is 1. The average Bonchev–Trinajstić information content (AvgIpc) is 3.10. The van der Waals surface area contributed by atoms with Crippen molar-refractivity contribution in [1.82, 2.24) is 9.88 Å². The Morgan fingerprint density at radius 3 is 2.96 bits per heavy atom. The lowest BCUT2D eigenvalue weighted by molar-refractivity contribution is -0.142. The Kier molecular flexibility index (Phi) is 4.61. The minimum absolute atomic E-state index is 0.137. The molecule has 5 heteroatoms. The van der Waals surface area contributed by atoms with E-state index in [4.69, 9.17) is 0 Å². The van der Waals surface area contributed by atoms with Crippen molar-refractivity contribution >= 4 is 17.2 Å². The van der Waals surface area contributed by atoms with Crippen LogP contribution in [-0.2, 0) is 11.2 Å². The number of carbonyl (C=O) groups excluding carboxylic acids is 1. The summed E-state index contributed by atoms with van der Waals surface area (Å²) in [5, 5.41) is 13.7. The number of nitrogens with zero attached hydrogens (tertiary/aromatic N) is 2. The molecule has 1 amide bonds. The molecule has 2 aromatic rings. The molecule has 1 saturated heterocycles.